The lowest BCUT2D eigenvalue weighted by Crippen LogP contribution is -2.44. The fourth-order valence-electron chi connectivity index (χ4n) is 4.08. The molecule has 2 amide bonds. The van der Waals surface area contributed by atoms with E-state index in [1.54, 1.807) is 33.4 Å². The van der Waals surface area contributed by atoms with Gasteiger partial charge in [0, 0.05) is 29.9 Å². The maximum atomic E-state index is 12.6. The van der Waals surface area contributed by atoms with Gasteiger partial charge in [0.25, 0.3) is 0 Å². The molecular formula is C30H34N6O3. The molecule has 0 radical (unpaired) electrons. The number of pyridine rings is 1. The number of carbonyl (C=O) groups excluding carboxylic acids is 1. The summed E-state index contributed by atoms with van der Waals surface area (Å²) in [4.78, 5) is 21.7. The number of hydrogen-bond acceptors (Lipinski definition) is 6. The van der Waals surface area contributed by atoms with Crippen molar-refractivity contribution in [2.75, 3.05) is 19.0 Å². The summed E-state index contributed by atoms with van der Waals surface area (Å²) in [6.07, 6.45) is 3.50. The Morgan fingerprint density at radius 2 is 1.74 bits per heavy atom. The van der Waals surface area contributed by atoms with Crippen molar-refractivity contribution in [3.05, 3.63) is 83.5 Å². The fourth-order valence-corrected chi connectivity index (χ4v) is 4.08. The molecule has 0 unspecified atom stereocenters. The van der Waals surface area contributed by atoms with Crippen LogP contribution >= 0.6 is 0 Å². The summed E-state index contributed by atoms with van der Waals surface area (Å²) in [5.74, 6) is 1.73. The normalized spacial score (nSPS) is 12.7. The van der Waals surface area contributed by atoms with Crippen LogP contribution in [0, 0.1) is 19.3 Å². The Balaban J connectivity index is 1.65. The van der Waals surface area contributed by atoms with Crippen molar-refractivity contribution in [3.63, 3.8) is 0 Å². The number of nitrogens with one attached hydrogen (secondary N) is 2. The Hall–Kier alpha value is -4.66. The fraction of sp³-hybridized carbons (Fsp3) is 0.267. The van der Waals surface area contributed by atoms with Gasteiger partial charge in [-0.15, -0.1) is 0 Å². The van der Waals surface area contributed by atoms with Crippen LogP contribution in [0.15, 0.2) is 70.4 Å². The van der Waals surface area contributed by atoms with E-state index in [0.29, 0.717) is 23.0 Å². The molecule has 0 fully saturated rings. The number of anilines is 1. The number of allylic oxidation sites excluding steroid dienone is 1. The minimum atomic E-state index is -0.649. The third-order valence-corrected chi connectivity index (χ3v) is 6.68. The number of amidine groups is 1. The van der Waals surface area contributed by atoms with Crippen LogP contribution in [0.5, 0.6) is 5.75 Å². The molecule has 4 N–H and O–H groups in total. The smallest absolute Gasteiger partial charge is 0.319 e. The number of aryl methyl sites for hydroxylation is 2. The number of nitrogens with zero attached hydrogens (tertiary/aromatic N) is 3. The van der Waals surface area contributed by atoms with Gasteiger partial charge in [0.05, 0.1) is 12.8 Å². The highest BCUT2D eigenvalue weighted by molar-refractivity contribution is 6.00. The van der Waals surface area contributed by atoms with Gasteiger partial charge in [-0.1, -0.05) is 37.2 Å². The average molecular weight is 527 g/mol. The topological polar surface area (TPSA) is 128 Å². The predicted octanol–water partition coefficient (Wildman–Crippen LogP) is 5.94. The summed E-state index contributed by atoms with van der Waals surface area (Å²) in [5.41, 5.74) is 10.7. The first-order valence-corrected chi connectivity index (χ1v) is 12.6. The maximum absolute atomic E-state index is 12.6. The Kier molecular flexibility index (Phi) is 7.99. The molecule has 0 atom stereocenters. The highest BCUT2D eigenvalue weighted by Gasteiger charge is 2.25. The molecule has 2 heterocycles. The third-order valence-electron chi connectivity index (χ3n) is 6.68. The van der Waals surface area contributed by atoms with E-state index >= 15 is 0 Å². The number of benzene rings is 2. The van der Waals surface area contributed by atoms with E-state index in [9.17, 15) is 4.79 Å². The average Bonchev–Trinajstić information content (AvgIpc) is 3.26. The molecule has 39 heavy (non-hydrogen) atoms. The third kappa shape index (κ3) is 6.26. The van der Waals surface area contributed by atoms with Gasteiger partial charge in [-0.25, -0.2) is 9.79 Å². The van der Waals surface area contributed by atoms with Crippen molar-refractivity contribution in [3.8, 4) is 5.75 Å². The molecule has 9 heteroatoms. The molecule has 0 aliphatic rings. The Labute approximate surface area is 228 Å². The number of rotatable bonds is 8. The Morgan fingerprint density at radius 3 is 2.41 bits per heavy atom. The second kappa shape index (κ2) is 11.4. The maximum Gasteiger partial charge on any atom is 0.319 e. The zero-order valence-corrected chi connectivity index (χ0v) is 23.1. The molecule has 0 spiro atoms. The van der Waals surface area contributed by atoms with Crippen molar-refractivity contribution < 1.29 is 14.1 Å². The van der Waals surface area contributed by atoms with Gasteiger partial charge in [-0.05, 0) is 73.0 Å². The lowest BCUT2D eigenvalue weighted by atomic mass is 9.91. The van der Waals surface area contributed by atoms with E-state index in [4.69, 9.17) is 20.0 Å². The molecule has 2 aromatic heterocycles. The summed E-state index contributed by atoms with van der Waals surface area (Å²) >= 11 is 0. The summed E-state index contributed by atoms with van der Waals surface area (Å²) in [6, 6.07) is 15.6. The van der Waals surface area contributed by atoms with Gasteiger partial charge in [-0.2, -0.15) is 0 Å². The van der Waals surface area contributed by atoms with Crippen LogP contribution < -0.4 is 21.1 Å². The molecule has 0 saturated heterocycles. The number of ether oxygens (including phenoxy) is 1. The molecule has 0 aliphatic carbocycles. The van der Waals surface area contributed by atoms with Crippen LogP contribution in [0.1, 0.15) is 43.4 Å². The molecule has 0 aliphatic heterocycles. The lowest BCUT2D eigenvalue weighted by molar-refractivity contribution is 0.249. The van der Waals surface area contributed by atoms with Crippen LogP contribution in [0.25, 0.3) is 22.0 Å². The summed E-state index contributed by atoms with van der Waals surface area (Å²) < 4.78 is 10.5. The summed E-state index contributed by atoms with van der Waals surface area (Å²) in [7, 11) is 1.66. The zero-order valence-electron chi connectivity index (χ0n) is 23.1. The first-order chi connectivity index (χ1) is 18.6. The van der Waals surface area contributed by atoms with Crippen molar-refractivity contribution in [2.24, 2.45) is 16.1 Å². The van der Waals surface area contributed by atoms with Crippen molar-refractivity contribution in [2.45, 2.75) is 34.6 Å². The summed E-state index contributed by atoms with van der Waals surface area (Å²) in [6.45, 7) is 9.66. The van der Waals surface area contributed by atoms with Crippen molar-refractivity contribution >= 4 is 39.6 Å². The molecule has 2 aromatic carbocycles. The van der Waals surface area contributed by atoms with Crippen LogP contribution in [-0.4, -0.2) is 35.7 Å². The highest BCUT2D eigenvalue weighted by atomic mass is 16.5. The van der Waals surface area contributed by atoms with E-state index in [1.165, 1.54) is 0 Å². The van der Waals surface area contributed by atoms with Gasteiger partial charge in [-0.3, -0.25) is 4.98 Å². The second-order valence-corrected chi connectivity index (χ2v) is 10.0. The van der Waals surface area contributed by atoms with E-state index < -0.39 is 5.41 Å². The Bertz CT molecular complexity index is 1530. The van der Waals surface area contributed by atoms with Crippen LogP contribution in [0.2, 0.25) is 0 Å². The number of nitrogens with two attached hydrogens (primary N) is 1. The van der Waals surface area contributed by atoms with E-state index in [1.807, 2.05) is 63.2 Å². The van der Waals surface area contributed by atoms with Crippen molar-refractivity contribution in [1.82, 2.24) is 15.5 Å². The van der Waals surface area contributed by atoms with Gasteiger partial charge < -0.3 is 25.6 Å². The number of aliphatic imine (C=N–C) groups is 1. The van der Waals surface area contributed by atoms with E-state index in [2.05, 4.69) is 26.8 Å². The number of urea groups is 1. The second-order valence-electron chi connectivity index (χ2n) is 10.0. The van der Waals surface area contributed by atoms with Crippen LogP contribution in [0.4, 0.5) is 10.5 Å². The Morgan fingerprint density at radius 1 is 1.05 bits per heavy atom. The lowest BCUT2D eigenvalue weighted by Gasteiger charge is -2.25. The molecule has 0 saturated carbocycles. The molecule has 202 valence electrons. The minimum absolute atomic E-state index is 0.261. The number of methoxy groups -OCH3 is 1. The van der Waals surface area contributed by atoms with E-state index in [0.717, 1.165) is 38.9 Å². The monoisotopic (exact) mass is 526 g/mol. The van der Waals surface area contributed by atoms with E-state index in [-0.39, 0.29) is 12.6 Å². The van der Waals surface area contributed by atoms with Crippen LogP contribution in [0.3, 0.4) is 0 Å². The number of fused-ring (bicyclic) bond motifs is 1. The number of amides is 2. The number of carbonyl (C=O) groups is 1. The van der Waals surface area contributed by atoms with Crippen LogP contribution in [-0.2, 0) is 0 Å². The quantitative estimate of drug-likeness (QED) is 0.193. The molecule has 9 nitrogen and oxygen atoms in total. The summed E-state index contributed by atoms with van der Waals surface area (Å²) in [5, 5.41) is 11.7. The highest BCUT2D eigenvalue weighted by Crippen LogP contribution is 2.32. The molecule has 4 rings (SSSR count). The van der Waals surface area contributed by atoms with Gasteiger partial charge >= 0.3 is 6.03 Å². The minimum Gasteiger partial charge on any atom is -0.497 e. The first-order valence-electron chi connectivity index (χ1n) is 12.6. The largest absolute Gasteiger partial charge is 0.497 e. The van der Waals surface area contributed by atoms with Gasteiger partial charge in [0.1, 0.15) is 23.0 Å². The number of hydrogen-bond donors (Lipinski definition) is 3. The molecule has 4 aromatic rings. The number of aromatic nitrogens is 2. The van der Waals surface area contributed by atoms with Gasteiger partial charge in [0.2, 0.25) is 0 Å². The van der Waals surface area contributed by atoms with Crippen molar-refractivity contribution in [1.29, 1.82) is 0 Å². The molecule has 0 bridgehead atoms. The predicted molar refractivity (Wildman–Crippen MR) is 156 cm³/mol. The SMILES string of the molecule is COc1ccc2cc(/C(N=C(N)C(C)(C)CNC(=O)Nc3c(C)noc3C)=C(/C)c3ccncc3)ccc2c1. The molecular weight excluding hydrogens is 492 g/mol. The van der Waals surface area contributed by atoms with Gasteiger partial charge in [0.15, 0.2) is 5.76 Å². The standard InChI is InChI=1S/C30H34N6O3/c1-18(21-11-13-32-14-12-21)26(24-8-7-23-16-25(38-6)10-9-22(23)15-24)34-28(31)30(4,5)17-33-29(37)35-27-19(2)36-39-20(27)3/h7-16H,17H2,1-6H3,(H2,31,34)(H2,33,35,37)/b26-18+. The first kappa shape index (κ1) is 27.4. The zero-order chi connectivity index (χ0) is 28.2.